The summed E-state index contributed by atoms with van der Waals surface area (Å²) in [6.45, 7) is 4.45. The number of aromatic nitrogens is 3. The Kier molecular flexibility index (Phi) is 8.15. The number of sulfonamides is 1. The molecular weight excluding hydrogens is 523 g/mol. The van der Waals surface area contributed by atoms with Gasteiger partial charge in [-0.2, -0.15) is 0 Å². The lowest BCUT2D eigenvalue weighted by Crippen LogP contribution is -2.29. The van der Waals surface area contributed by atoms with Crippen LogP contribution in [0, 0.1) is 0 Å². The standard InChI is InChI=1S/C25H24Cl2N4O4S/c1-3-31-24(17(2)30-36(32,33)21-12-13-22(26)23(27)15-21)28-29-25(31)35-20-11-7-10-19(14-20)34-16-18-8-5-4-6-9-18/h4-15,17,30H,3,16H2,1-2H3/t17-/m1/s1. The molecule has 0 bridgehead atoms. The average Bonchev–Trinajstić information content (AvgIpc) is 3.27. The Morgan fingerprint density at radius 2 is 1.69 bits per heavy atom. The molecule has 0 unspecified atom stereocenters. The van der Waals surface area contributed by atoms with Crippen LogP contribution in [0.2, 0.25) is 10.0 Å². The van der Waals surface area contributed by atoms with E-state index in [0.29, 0.717) is 30.5 Å². The van der Waals surface area contributed by atoms with E-state index in [0.717, 1.165) is 5.56 Å². The fourth-order valence-electron chi connectivity index (χ4n) is 3.46. The summed E-state index contributed by atoms with van der Waals surface area (Å²) in [6.07, 6.45) is 0. The minimum Gasteiger partial charge on any atom is -0.489 e. The smallest absolute Gasteiger partial charge is 0.322 e. The van der Waals surface area contributed by atoms with Crippen LogP contribution in [0.3, 0.4) is 0 Å². The summed E-state index contributed by atoms with van der Waals surface area (Å²) in [6, 6.07) is 20.7. The number of hydrogen-bond donors (Lipinski definition) is 1. The summed E-state index contributed by atoms with van der Waals surface area (Å²) in [4.78, 5) is -0.00453. The molecule has 36 heavy (non-hydrogen) atoms. The highest BCUT2D eigenvalue weighted by Crippen LogP contribution is 2.28. The van der Waals surface area contributed by atoms with Crippen LogP contribution in [-0.2, 0) is 23.2 Å². The van der Waals surface area contributed by atoms with E-state index in [2.05, 4.69) is 14.9 Å². The summed E-state index contributed by atoms with van der Waals surface area (Å²) in [5, 5.41) is 8.72. The van der Waals surface area contributed by atoms with E-state index in [4.69, 9.17) is 32.7 Å². The largest absolute Gasteiger partial charge is 0.489 e. The van der Waals surface area contributed by atoms with Crippen molar-refractivity contribution < 1.29 is 17.9 Å². The molecule has 11 heteroatoms. The number of nitrogens with one attached hydrogen (secondary N) is 1. The van der Waals surface area contributed by atoms with Crippen molar-refractivity contribution in [2.45, 2.75) is 37.9 Å². The van der Waals surface area contributed by atoms with Gasteiger partial charge in [0, 0.05) is 12.6 Å². The third-order valence-corrected chi connectivity index (χ3v) is 7.52. The van der Waals surface area contributed by atoms with Crippen molar-refractivity contribution in [3.05, 3.63) is 94.2 Å². The van der Waals surface area contributed by atoms with Gasteiger partial charge >= 0.3 is 6.01 Å². The van der Waals surface area contributed by atoms with Crippen LogP contribution in [0.4, 0.5) is 0 Å². The fraction of sp³-hybridized carbons (Fsp3) is 0.200. The number of halogens is 2. The van der Waals surface area contributed by atoms with Crippen molar-refractivity contribution in [3.63, 3.8) is 0 Å². The first-order valence-electron chi connectivity index (χ1n) is 11.1. The monoisotopic (exact) mass is 546 g/mol. The van der Waals surface area contributed by atoms with Crippen LogP contribution in [0.25, 0.3) is 0 Å². The Bertz CT molecular complexity index is 1450. The number of rotatable bonds is 10. The highest BCUT2D eigenvalue weighted by molar-refractivity contribution is 7.89. The highest BCUT2D eigenvalue weighted by atomic mass is 35.5. The minimum absolute atomic E-state index is 0.00453. The summed E-state index contributed by atoms with van der Waals surface area (Å²) in [7, 11) is -3.89. The number of nitrogens with zero attached hydrogens (tertiary/aromatic N) is 3. The molecule has 4 rings (SSSR count). The first kappa shape index (κ1) is 26.0. The molecule has 0 aliphatic heterocycles. The molecule has 1 aromatic heterocycles. The predicted octanol–water partition coefficient (Wildman–Crippen LogP) is 6.02. The number of hydrogen-bond acceptors (Lipinski definition) is 6. The molecule has 4 aromatic rings. The molecule has 188 valence electrons. The lowest BCUT2D eigenvalue weighted by atomic mass is 10.2. The maximum Gasteiger partial charge on any atom is 0.322 e. The van der Waals surface area contributed by atoms with E-state index in [1.807, 2.05) is 49.4 Å². The molecule has 3 aromatic carbocycles. The Labute approximate surface area is 219 Å². The van der Waals surface area contributed by atoms with Crippen molar-refractivity contribution in [3.8, 4) is 17.5 Å². The quantitative estimate of drug-likeness (QED) is 0.261. The van der Waals surface area contributed by atoms with Gasteiger partial charge in [-0.15, -0.1) is 5.10 Å². The maximum absolute atomic E-state index is 12.9. The molecule has 8 nitrogen and oxygen atoms in total. The molecule has 1 N–H and O–H groups in total. The zero-order valence-electron chi connectivity index (χ0n) is 19.6. The third-order valence-electron chi connectivity index (χ3n) is 5.25. The zero-order valence-corrected chi connectivity index (χ0v) is 21.9. The molecule has 0 aliphatic carbocycles. The van der Waals surface area contributed by atoms with Crippen LogP contribution >= 0.6 is 23.2 Å². The van der Waals surface area contributed by atoms with Gasteiger partial charge in [-0.1, -0.05) is 64.7 Å². The van der Waals surface area contributed by atoms with E-state index >= 15 is 0 Å². The summed E-state index contributed by atoms with van der Waals surface area (Å²) >= 11 is 11.9. The fourth-order valence-corrected chi connectivity index (χ4v) is 5.05. The summed E-state index contributed by atoms with van der Waals surface area (Å²) in [5.41, 5.74) is 1.05. The molecule has 1 atom stereocenters. The molecule has 0 aliphatic rings. The van der Waals surface area contributed by atoms with Gasteiger partial charge in [-0.05, 0) is 49.7 Å². The van der Waals surface area contributed by atoms with Gasteiger partial charge in [0.05, 0.1) is 21.0 Å². The molecule has 0 amide bonds. The molecular formula is C25H24Cl2N4O4S. The topological polar surface area (TPSA) is 95.3 Å². The third kappa shape index (κ3) is 6.17. The van der Waals surface area contributed by atoms with E-state index in [-0.39, 0.29) is 21.0 Å². The normalized spacial score (nSPS) is 12.3. The van der Waals surface area contributed by atoms with E-state index in [9.17, 15) is 8.42 Å². The van der Waals surface area contributed by atoms with Crippen molar-refractivity contribution in [1.29, 1.82) is 0 Å². The first-order valence-corrected chi connectivity index (χ1v) is 13.4. The Balaban J connectivity index is 1.48. The van der Waals surface area contributed by atoms with E-state index in [1.54, 1.807) is 23.6 Å². The molecule has 0 fully saturated rings. The van der Waals surface area contributed by atoms with Gasteiger partial charge in [-0.25, -0.2) is 13.1 Å². The van der Waals surface area contributed by atoms with Gasteiger partial charge in [0.1, 0.15) is 18.1 Å². The second kappa shape index (κ2) is 11.3. The average molecular weight is 547 g/mol. The minimum atomic E-state index is -3.89. The van der Waals surface area contributed by atoms with Crippen molar-refractivity contribution in [1.82, 2.24) is 19.5 Å². The van der Waals surface area contributed by atoms with Crippen LogP contribution < -0.4 is 14.2 Å². The molecule has 0 radical (unpaired) electrons. The Morgan fingerprint density at radius 3 is 2.42 bits per heavy atom. The van der Waals surface area contributed by atoms with Crippen LogP contribution in [0.15, 0.2) is 77.7 Å². The van der Waals surface area contributed by atoms with Crippen LogP contribution in [0.1, 0.15) is 31.3 Å². The lowest BCUT2D eigenvalue weighted by Gasteiger charge is -2.16. The van der Waals surface area contributed by atoms with Crippen molar-refractivity contribution >= 4 is 33.2 Å². The Hall–Kier alpha value is -3.11. The lowest BCUT2D eigenvalue weighted by molar-refractivity contribution is 0.304. The molecule has 0 spiro atoms. The van der Waals surface area contributed by atoms with Crippen molar-refractivity contribution in [2.75, 3.05) is 0 Å². The molecule has 0 saturated heterocycles. The van der Waals surface area contributed by atoms with Gasteiger partial charge < -0.3 is 9.47 Å². The van der Waals surface area contributed by atoms with Gasteiger partial charge in [0.2, 0.25) is 10.0 Å². The van der Waals surface area contributed by atoms with Gasteiger partial charge in [-0.3, -0.25) is 4.57 Å². The van der Waals surface area contributed by atoms with Crippen LogP contribution in [0.5, 0.6) is 17.5 Å². The van der Waals surface area contributed by atoms with Crippen LogP contribution in [-0.4, -0.2) is 23.2 Å². The van der Waals surface area contributed by atoms with Gasteiger partial charge in [0.25, 0.3) is 0 Å². The predicted molar refractivity (Wildman–Crippen MR) is 138 cm³/mol. The molecule has 1 heterocycles. The summed E-state index contributed by atoms with van der Waals surface area (Å²) in [5.74, 6) is 1.55. The SMILES string of the molecule is CCn1c(Oc2cccc(OCc3ccccc3)c2)nnc1[C@@H](C)NS(=O)(=O)c1ccc(Cl)c(Cl)c1. The highest BCUT2D eigenvalue weighted by Gasteiger charge is 2.24. The first-order chi connectivity index (χ1) is 17.3. The maximum atomic E-state index is 12.9. The zero-order chi connectivity index (χ0) is 25.7. The second-order valence-corrected chi connectivity index (χ2v) is 10.4. The van der Waals surface area contributed by atoms with Crippen molar-refractivity contribution in [2.24, 2.45) is 0 Å². The second-order valence-electron chi connectivity index (χ2n) is 7.86. The molecule has 0 saturated carbocycles. The van der Waals surface area contributed by atoms with E-state index < -0.39 is 16.1 Å². The summed E-state index contributed by atoms with van der Waals surface area (Å²) < 4.78 is 41.9. The number of ether oxygens (including phenoxy) is 2. The Morgan fingerprint density at radius 1 is 0.944 bits per heavy atom. The van der Waals surface area contributed by atoms with E-state index in [1.165, 1.54) is 18.2 Å². The van der Waals surface area contributed by atoms with Gasteiger partial charge in [0.15, 0.2) is 5.82 Å². The number of benzene rings is 3.